The standard InChI is InChI=1S/C13H22N2O3/c1-5-15-8-10(14)9-6-12(17-3)13(18-4)7-11(9)16-2/h6-7,10,15H,5,8,14H2,1-4H3. The van der Waals surface area contributed by atoms with Crippen molar-refractivity contribution in [3.63, 3.8) is 0 Å². The van der Waals surface area contributed by atoms with Crippen molar-refractivity contribution in [1.82, 2.24) is 5.32 Å². The Morgan fingerprint density at radius 3 is 2.11 bits per heavy atom. The lowest BCUT2D eigenvalue weighted by Crippen LogP contribution is -2.27. The molecule has 0 saturated heterocycles. The maximum Gasteiger partial charge on any atom is 0.164 e. The Hall–Kier alpha value is -1.46. The van der Waals surface area contributed by atoms with Gasteiger partial charge in [0.25, 0.3) is 0 Å². The van der Waals surface area contributed by atoms with Crippen LogP contribution in [0.15, 0.2) is 12.1 Å². The third-order valence-corrected chi connectivity index (χ3v) is 2.75. The first-order valence-corrected chi connectivity index (χ1v) is 5.94. The quantitative estimate of drug-likeness (QED) is 0.768. The molecule has 0 amide bonds. The Morgan fingerprint density at radius 2 is 1.61 bits per heavy atom. The molecule has 0 fully saturated rings. The fourth-order valence-electron chi connectivity index (χ4n) is 1.75. The maximum atomic E-state index is 6.13. The molecule has 18 heavy (non-hydrogen) atoms. The molecule has 1 aromatic carbocycles. The van der Waals surface area contributed by atoms with Gasteiger partial charge in [0.2, 0.25) is 0 Å². The minimum Gasteiger partial charge on any atom is -0.496 e. The van der Waals surface area contributed by atoms with Crippen LogP contribution in [0.4, 0.5) is 0 Å². The highest BCUT2D eigenvalue weighted by Crippen LogP contribution is 2.36. The Morgan fingerprint density at radius 1 is 1.06 bits per heavy atom. The number of likely N-dealkylation sites (N-methyl/N-ethyl adjacent to an activating group) is 1. The van der Waals surface area contributed by atoms with Gasteiger partial charge in [-0.1, -0.05) is 6.92 Å². The lowest BCUT2D eigenvalue weighted by molar-refractivity contribution is 0.346. The number of methoxy groups -OCH3 is 3. The summed E-state index contributed by atoms with van der Waals surface area (Å²) in [6.45, 7) is 3.60. The topological polar surface area (TPSA) is 65.7 Å². The Bertz CT molecular complexity index is 383. The van der Waals surface area contributed by atoms with Gasteiger partial charge >= 0.3 is 0 Å². The van der Waals surface area contributed by atoms with Crippen molar-refractivity contribution in [2.45, 2.75) is 13.0 Å². The normalized spacial score (nSPS) is 12.1. The monoisotopic (exact) mass is 254 g/mol. The lowest BCUT2D eigenvalue weighted by Gasteiger charge is -2.18. The predicted molar refractivity (Wildman–Crippen MR) is 71.6 cm³/mol. The highest BCUT2D eigenvalue weighted by atomic mass is 16.5. The summed E-state index contributed by atoms with van der Waals surface area (Å²) in [5, 5.41) is 3.21. The first-order valence-electron chi connectivity index (χ1n) is 5.94. The van der Waals surface area contributed by atoms with E-state index in [0.29, 0.717) is 23.8 Å². The van der Waals surface area contributed by atoms with Crippen LogP contribution in [-0.4, -0.2) is 34.4 Å². The van der Waals surface area contributed by atoms with Gasteiger partial charge in [-0.3, -0.25) is 0 Å². The van der Waals surface area contributed by atoms with E-state index in [4.69, 9.17) is 19.9 Å². The fraction of sp³-hybridized carbons (Fsp3) is 0.538. The van der Waals surface area contributed by atoms with Crippen molar-refractivity contribution in [2.24, 2.45) is 5.73 Å². The molecule has 0 bridgehead atoms. The van der Waals surface area contributed by atoms with E-state index in [0.717, 1.165) is 12.1 Å². The van der Waals surface area contributed by atoms with Crippen LogP contribution in [0.25, 0.3) is 0 Å². The van der Waals surface area contributed by atoms with E-state index in [1.165, 1.54) is 0 Å². The lowest BCUT2D eigenvalue weighted by atomic mass is 10.1. The van der Waals surface area contributed by atoms with Crippen LogP contribution >= 0.6 is 0 Å². The average Bonchev–Trinajstić information content (AvgIpc) is 2.42. The van der Waals surface area contributed by atoms with E-state index in [1.807, 2.05) is 13.0 Å². The minimum absolute atomic E-state index is 0.153. The fourth-order valence-corrected chi connectivity index (χ4v) is 1.75. The molecule has 5 heteroatoms. The van der Waals surface area contributed by atoms with Crippen molar-refractivity contribution in [3.8, 4) is 17.2 Å². The van der Waals surface area contributed by atoms with Crippen molar-refractivity contribution >= 4 is 0 Å². The summed E-state index contributed by atoms with van der Waals surface area (Å²) in [5.41, 5.74) is 7.03. The van der Waals surface area contributed by atoms with Gasteiger partial charge in [-0.2, -0.15) is 0 Å². The number of hydrogen-bond acceptors (Lipinski definition) is 5. The van der Waals surface area contributed by atoms with Crippen LogP contribution in [0.2, 0.25) is 0 Å². The second-order valence-corrected chi connectivity index (χ2v) is 3.86. The van der Waals surface area contributed by atoms with Crippen LogP contribution in [0.3, 0.4) is 0 Å². The van der Waals surface area contributed by atoms with Crippen LogP contribution in [-0.2, 0) is 0 Å². The van der Waals surface area contributed by atoms with Crippen molar-refractivity contribution in [3.05, 3.63) is 17.7 Å². The summed E-state index contributed by atoms with van der Waals surface area (Å²) < 4.78 is 15.9. The molecule has 0 spiro atoms. The molecule has 0 saturated carbocycles. The van der Waals surface area contributed by atoms with E-state index in [9.17, 15) is 0 Å². The Labute approximate surface area is 108 Å². The molecule has 5 nitrogen and oxygen atoms in total. The second kappa shape index (κ2) is 7.08. The Balaban J connectivity index is 3.08. The molecule has 1 aromatic rings. The Kier molecular flexibility index (Phi) is 5.74. The van der Waals surface area contributed by atoms with Crippen LogP contribution in [0.5, 0.6) is 17.2 Å². The van der Waals surface area contributed by atoms with Crippen molar-refractivity contribution < 1.29 is 14.2 Å². The van der Waals surface area contributed by atoms with E-state index in [1.54, 1.807) is 27.4 Å². The summed E-state index contributed by atoms with van der Waals surface area (Å²) in [6.07, 6.45) is 0. The molecule has 0 aliphatic rings. The molecule has 0 heterocycles. The first kappa shape index (κ1) is 14.6. The largest absolute Gasteiger partial charge is 0.496 e. The van der Waals surface area contributed by atoms with Gasteiger partial charge in [0, 0.05) is 24.2 Å². The number of benzene rings is 1. The summed E-state index contributed by atoms with van der Waals surface area (Å²) in [4.78, 5) is 0. The van der Waals surface area contributed by atoms with Crippen molar-refractivity contribution in [1.29, 1.82) is 0 Å². The maximum absolute atomic E-state index is 6.13. The van der Waals surface area contributed by atoms with E-state index >= 15 is 0 Å². The van der Waals surface area contributed by atoms with Crippen LogP contribution in [0.1, 0.15) is 18.5 Å². The zero-order valence-electron chi connectivity index (χ0n) is 11.4. The third kappa shape index (κ3) is 3.27. The third-order valence-electron chi connectivity index (χ3n) is 2.75. The van der Waals surface area contributed by atoms with E-state index < -0.39 is 0 Å². The SMILES string of the molecule is CCNCC(N)c1cc(OC)c(OC)cc1OC. The minimum atomic E-state index is -0.153. The van der Waals surface area contributed by atoms with Crippen molar-refractivity contribution in [2.75, 3.05) is 34.4 Å². The van der Waals surface area contributed by atoms with Gasteiger partial charge in [0.05, 0.1) is 21.3 Å². The molecule has 0 aliphatic carbocycles. The first-order chi connectivity index (χ1) is 8.67. The molecule has 1 unspecified atom stereocenters. The molecule has 0 aliphatic heterocycles. The van der Waals surface area contributed by atoms with Crippen LogP contribution in [0, 0.1) is 0 Å². The van der Waals surface area contributed by atoms with Gasteiger partial charge in [-0.05, 0) is 12.6 Å². The molecular weight excluding hydrogens is 232 g/mol. The molecular formula is C13H22N2O3. The summed E-state index contributed by atoms with van der Waals surface area (Å²) in [5.74, 6) is 1.99. The molecule has 102 valence electrons. The number of nitrogens with two attached hydrogens (primary N) is 1. The second-order valence-electron chi connectivity index (χ2n) is 3.86. The van der Waals surface area contributed by atoms with E-state index in [2.05, 4.69) is 5.32 Å². The summed E-state index contributed by atoms with van der Waals surface area (Å²) in [7, 11) is 4.81. The van der Waals surface area contributed by atoms with Gasteiger partial charge in [0.1, 0.15) is 5.75 Å². The molecule has 0 aromatic heterocycles. The number of nitrogens with one attached hydrogen (secondary N) is 1. The van der Waals surface area contributed by atoms with Crippen LogP contribution < -0.4 is 25.3 Å². The zero-order valence-corrected chi connectivity index (χ0v) is 11.4. The average molecular weight is 254 g/mol. The van der Waals surface area contributed by atoms with Gasteiger partial charge in [-0.15, -0.1) is 0 Å². The van der Waals surface area contributed by atoms with Gasteiger partial charge in [0.15, 0.2) is 11.5 Å². The highest BCUT2D eigenvalue weighted by Gasteiger charge is 2.16. The zero-order chi connectivity index (χ0) is 13.5. The van der Waals surface area contributed by atoms with Gasteiger partial charge in [-0.25, -0.2) is 0 Å². The van der Waals surface area contributed by atoms with E-state index in [-0.39, 0.29) is 6.04 Å². The molecule has 1 atom stereocenters. The summed E-state index contributed by atoms with van der Waals surface area (Å²) >= 11 is 0. The highest BCUT2D eigenvalue weighted by molar-refractivity contribution is 5.51. The predicted octanol–water partition coefficient (Wildman–Crippen LogP) is 1.32. The smallest absolute Gasteiger partial charge is 0.164 e. The van der Waals surface area contributed by atoms with Gasteiger partial charge < -0.3 is 25.3 Å². The number of hydrogen-bond donors (Lipinski definition) is 2. The number of rotatable bonds is 7. The molecule has 3 N–H and O–H groups in total. The molecule has 0 radical (unpaired) electrons. The molecule has 1 rings (SSSR count). The summed E-state index contributed by atoms with van der Waals surface area (Å²) in [6, 6.07) is 3.50. The number of ether oxygens (including phenoxy) is 3.